The highest BCUT2D eigenvalue weighted by Crippen LogP contribution is 2.34. The summed E-state index contributed by atoms with van der Waals surface area (Å²) >= 11 is 3.64. The molecule has 1 aliphatic rings. The Labute approximate surface area is 139 Å². The fourth-order valence-electron chi connectivity index (χ4n) is 2.64. The lowest BCUT2D eigenvalue weighted by Crippen LogP contribution is -2.33. The normalized spacial score (nSPS) is 18.2. The molecule has 0 radical (unpaired) electrons. The van der Waals surface area contributed by atoms with E-state index < -0.39 is 0 Å². The molecule has 22 heavy (non-hydrogen) atoms. The lowest BCUT2D eigenvalue weighted by atomic mass is 10.0. The standard InChI is InChI=1S/C18H20BrNO2/c1-13-9-15(17-11-20-7-8-21-17)10-16(19)18(13)22-12-14-5-3-2-4-6-14/h2-6,9-10,17,20H,7-8,11-12H2,1H3. The van der Waals surface area contributed by atoms with Crippen LogP contribution in [0.3, 0.4) is 0 Å². The van der Waals surface area contributed by atoms with Crippen LogP contribution in [0.2, 0.25) is 0 Å². The SMILES string of the molecule is Cc1cc(C2CNCCO2)cc(Br)c1OCc1ccccc1. The van der Waals surface area contributed by atoms with Crippen LogP contribution in [-0.4, -0.2) is 19.7 Å². The summed E-state index contributed by atoms with van der Waals surface area (Å²) in [6, 6.07) is 14.5. The van der Waals surface area contributed by atoms with E-state index in [0.29, 0.717) is 6.61 Å². The molecule has 0 bridgehead atoms. The Morgan fingerprint density at radius 2 is 2.09 bits per heavy atom. The minimum atomic E-state index is 0.118. The second-order valence-electron chi connectivity index (χ2n) is 5.49. The first-order valence-electron chi connectivity index (χ1n) is 7.53. The zero-order chi connectivity index (χ0) is 15.4. The molecule has 3 rings (SSSR count). The van der Waals surface area contributed by atoms with Gasteiger partial charge in [-0.15, -0.1) is 0 Å². The van der Waals surface area contributed by atoms with E-state index in [1.807, 2.05) is 18.2 Å². The first-order valence-corrected chi connectivity index (χ1v) is 8.32. The number of nitrogens with one attached hydrogen (secondary N) is 1. The van der Waals surface area contributed by atoms with Gasteiger partial charge in [0, 0.05) is 13.1 Å². The second-order valence-corrected chi connectivity index (χ2v) is 6.34. The Balaban J connectivity index is 1.74. The van der Waals surface area contributed by atoms with Gasteiger partial charge in [0.05, 0.1) is 17.2 Å². The quantitative estimate of drug-likeness (QED) is 0.892. The van der Waals surface area contributed by atoms with Crippen LogP contribution < -0.4 is 10.1 Å². The molecule has 0 amide bonds. The van der Waals surface area contributed by atoms with E-state index in [1.165, 1.54) is 5.56 Å². The van der Waals surface area contributed by atoms with Crippen LogP contribution in [0.4, 0.5) is 0 Å². The van der Waals surface area contributed by atoms with Gasteiger partial charge >= 0.3 is 0 Å². The number of benzene rings is 2. The Morgan fingerprint density at radius 1 is 1.27 bits per heavy atom. The summed E-state index contributed by atoms with van der Waals surface area (Å²) < 4.78 is 12.8. The van der Waals surface area contributed by atoms with Gasteiger partial charge in [0.1, 0.15) is 12.4 Å². The van der Waals surface area contributed by atoms with Crippen molar-refractivity contribution in [1.82, 2.24) is 5.32 Å². The van der Waals surface area contributed by atoms with Gasteiger partial charge in [-0.25, -0.2) is 0 Å². The summed E-state index contributed by atoms with van der Waals surface area (Å²) in [5.41, 5.74) is 3.47. The lowest BCUT2D eigenvalue weighted by Gasteiger charge is -2.25. The molecule has 0 aromatic heterocycles. The molecule has 1 unspecified atom stereocenters. The average molecular weight is 362 g/mol. The number of ether oxygens (including phenoxy) is 2. The molecule has 4 heteroatoms. The molecule has 0 spiro atoms. The van der Waals surface area contributed by atoms with E-state index in [0.717, 1.165) is 41.0 Å². The maximum absolute atomic E-state index is 5.99. The molecule has 1 fully saturated rings. The molecule has 1 heterocycles. The molecule has 1 saturated heterocycles. The Kier molecular flexibility index (Phi) is 5.13. The van der Waals surface area contributed by atoms with Crippen LogP contribution >= 0.6 is 15.9 Å². The molecule has 1 atom stereocenters. The smallest absolute Gasteiger partial charge is 0.136 e. The van der Waals surface area contributed by atoms with E-state index in [-0.39, 0.29) is 6.10 Å². The van der Waals surface area contributed by atoms with Gasteiger partial charge in [-0.3, -0.25) is 0 Å². The first-order chi connectivity index (χ1) is 10.7. The van der Waals surface area contributed by atoms with Crippen molar-refractivity contribution in [2.45, 2.75) is 19.6 Å². The van der Waals surface area contributed by atoms with Crippen LogP contribution in [0.1, 0.15) is 22.8 Å². The van der Waals surface area contributed by atoms with Gasteiger partial charge in [-0.2, -0.15) is 0 Å². The van der Waals surface area contributed by atoms with Crippen molar-refractivity contribution in [3.05, 3.63) is 63.6 Å². The Bertz CT molecular complexity index is 601. The van der Waals surface area contributed by atoms with Crippen LogP contribution in [0.5, 0.6) is 5.75 Å². The van der Waals surface area contributed by atoms with Crippen LogP contribution in [-0.2, 0) is 11.3 Å². The lowest BCUT2D eigenvalue weighted by molar-refractivity contribution is 0.0276. The predicted octanol–water partition coefficient (Wildman–Crippen LogP) is 4.00. The van der Waals surface area contributed by atoms with Crippen molar-refractivity contribution in [2.75, 3.05) is 19.7 Å². The van der Waals surface area contributed by atoms with Crippen molar-refractivity contribution in [1.29, 1.82) is 0 Å². The number of aryl methyl sites for hydroxylation is 1. The van der Waals surface area contributed by atoms with E-state index in [4.69, 9.17) is 9.47 Å². The maximum Gasteiger partial charge on any atom is 0.136 e. The fourth-order valence-corrected chi connectivity index (χ4v) is 3.33. The Morgan fingerprint density at radius 3 is 2.77 bits per heavy atom. The monoisotopic (exact) mass is 361 g/mol. The number of rotatable bonds is 4. The van der Waals surface area contributed by atoms with Crippen LogP contribution in [0.25, 0.3) is 0 Å². The molecule has 3 nitrogen and oxygen atoms in total. The minimum absolute atomic E-state index is 0.118. The zero-order valence-electron chi connectivity index (χ0n) is 12.6. The minimum Gasteiger partial charge on any atom is -0.487 e. The molecular weight excluding hydrogens is 342 g/mol. The molecular formula is C18H20BrNO2. The summed E-state index contributed by atoms with van der Waals surface area (Å²) in [6.07, 6.45) is 0.118. The summed E-state index contributed by atoms with van der Waals surface area (Å²) in [6.45, 7) is 5.19. The third-order valence-electron chi connectivity index (χ3n) is 3.78. The summed E-state index contributed by atoms with van der Waals surface area (Å²) in [5.74, 6) is 0.899. The van der Waals surface area contributed by atoms with Gasteiger partial charge in [0.2, 0.25) is 0 Å². The van der Waals surface area contributed by atoms with E-state index in [9.17, 15) is 0 Å². The van der Waals surface area contributed by atoms with Crippen molar-refractivity contribution < 1.29 is 9.47 Å². The van der Waals surface area contributed by atoms with E-state index in [1.54, 1.807) is 0 Å². The molecule has 116 valence electrons. The van der Waals surface area contributed by atoms with Gasteiger partial charge in [0.25, 0.3) is 0 Å². The number of morpholine rings is 1. The number of hydrogen-bond donors (Lipinski definition) is 1. The van der Waals surface area contributed by atoms with Gasteiger partial charge in [-0.1, -0.05) is 30.3 Å². The van der Waals surface area contributed by atoms with Crippen molar-refractivity contribution >= 4 is 15.9 Å². The first kappa shape index (κ1) is 15.5. The fraction of sp³-hybridized carbons (Fsp3) is 0.333. The van der Waals surface area contributed by atoms with Gasteiger partial charge < -0.3 is 14.8 Å². The van der Waals surface area contributed by atoms with Gasteiger partial charge in [0.15, 0.2) is 0 Å². The van der Waals surface area contributed by atoms with Crippen molar-refractivity contribution in [3.8, 4) is 5.75 Å². The largest absolute Gasteiger partial charge is 0.487 e. The molecule has 0 saturated carbocycles. The third kappa shape index (κ3) is 3.69. The molecule has 2 aromatic carbocycles. The highest BCUT2D eigenvalue weighted by Gasteiger charge is 2.18. The summed E-state index contributed by atoms with van der Waals surface area (Å²) in [7, 11) is 0. The van der Waals surface area contributed by atoms with Gasteiger partial charge in [-0.05, 0) is 51.7 Å². The predicted molar refractivity (Wildman–Crippen MR) is 91.2 cm³/mol. The molecule has 2 aromatic rings. The molecule has 0 aliphatic carbocycles. The van der Waals surface area contributed by atoms with E-state index >= 15 is 0 Å². The van der Waals surface area contributed by atoms with Crippen LogP contribution in [0.15, 0.2) is 46.9 Å². The topological polar surface area (TPSA) is 30.5 Å². The highest BCUT2D eigenvalue weighted by atomic mass is 79.9. The van der Waals surface area contributed by atoms with Crippen LogP contribution in [0, 0.1) is 6.92 Å². The molecule has 1 N–H and O–H groups in total. The third-order valence-corrected chi connectivity index (χ3v) is 4.37. The highest BCUT2D eigenvalue weighted by molar-refractivity contribution is 9.10. The van der Waals surface area contributed by atoms with E-state index in [2.05, 4.69) is 52.4 Å². The maximum atomic E-state index is 5.99. The summed E-state index contributed by atoms with van der Waals surface area (Å²) in [5, 5.41) is 3.36. The number of hydrogen-bond acceptors (Lipinski definition) is 3. The Hall–Kier alpha value is -1.36. The summed E-state index contributed by atoms with van der Waals surface area (Å²) in [4.78, 5) is 0. The van der Waals surface area contributed by atoms with Crippen molar-refractivity contribution in [3.63, 3.8) is 0 Å². The number of halogens is 1. The zero-order valence-corrected chi connectivity index (χ0v) is 14.2. The van der Waals surface area contributed by atoms with Crippen molar-refractivity contribution in [2.24, 2.45) is 0 Å². The second kappa shape index (κ2) is 7.27. The molecule has 1 aliphatic heterocycles. The average Bonchev–Trinajstić information content (AvgIpc) is 2.56.